The molecule has 0 aromatic heterocycles. The molecule has 2 saturated heterocycles. The summed E-state index contributed by atoms with van der Waals surface area (Å²) in [6.07, 6.45) is -3.84. The van der Waals surface area contributed by atoms with Gasteiger partial charge in [0.2, 0.25) is 10.0 Å². The molecule has 2 fully saturated rings. The molecular formula is C19H27F3N2O7S. The Morgan fingerprint density at radius 3 is 2.34 bits per heavy atom. The van der Waals surface area contributed by atoms with Gasteiger partial charge in [-0.15, -0.1) is 0 Å². The predicted octanol–water partition coefficient (Wildman–Crippen LogP) is 1.19. The first kappa shape index (κ1) is 26.3. The lowest BCUT2D eigenvalue weighted by Crippen LogP contribution is -2.58. The molecular weight excluding hydrogens is 457 g/mol. The standard InChI is InChI=1S/C17H26N2O5S.C2HF3O2/c1-22-16-5-3-15(4-6-16)11-18-7-10-24-17(12-18)13-19(25(2,20)21)8-9-23-14-17;3-2(4,5)1(6)7/h3-6H,7-14H2,1-2H3;(H,6,7). The summed E-state index contributed by atoms with van der Waals surface area (Å²) in [6, 6.07) is 8.00. The zero-order valence-corrected chi connectivity index (χ0v) is 18.6. The van der Waals surface area contributed by atoms with Gasteiger partial charge in [-0.25, -0.2) is 13.2 Å². The topological polar surface area (TPSA) is 106 Å². The lowest BCUT2D eigenvalue weighted by atomic mass is 10.0. The van der Waals surface area contributed by atoms with E-state index in [4.69, 9.17) is 24.1 Å². The minimum absolute atomic E-state index is 0.338. The third-order valence-corrected chi connectivity index (χ3v) is 6.17. The van der Waals surface area contributed by atoms with E-state index in [9.17, 15) is 21.6 Å². The molecule has 1 spiro atoms. The first-order valence-electron chi connectivity index (χ1n) is 9.67. The molecule has 0 aliphatic carbocycles. The van der Waals surface area contributed by atoms with E-state index >= 15 is 0 Å². The number of benzene rings is 1. The second kappa shape index (κ2) is 10.8. The van der Waals surface area contributed by atoms with Crippen molar-refractivity contribution in [3.05, 3.63) is 29.8 Å². The van der Waals surface area contributed by atoms with Crippen molar-refractivity contribution < 1.29 is 45.7 Å². The van der Waals surface area contributed by atoms with Gasteiger partial charge in [0.25, 0.3) is 0 Å². The molecule has 2 heterocycles. The van der Waals surface area contributed by atoms with E-state index in [1.807, 2.05) is 24.3 Å². The number of methoxy groups -OCH3 is 1. The minimum atomic E-state index is -5.08. The monoisotopic (exact) mass is 484 g/mol. The van der Waals surface area contributed by atoms with Crippen molar-refractivity contribution in [3.63, 3.8) is 0 Å². The summed E-state index contributed by atoms with van der Waals surface area (Å²) in [7, 11) is -1.61. The Balaban J connectivity index is 0.000000451. The maximum Gasteiger partial charge on any atom is 0.490 e. The van der Waals surface area contributed by atoms with Crippen LogP contribution in [0.15, 0.2) is 24.3 Å². The first-order valence-corrected chi connectivity index (χ1v) is 11.5. The highest BCUT2D eigenvalue weighted by atomic mass is 32.2. The summed E-state index contributed by atoms with van der Waals surface area (Å²) in [4.78, 5) is 11.2. The predicted molar refractivity (Wildman–Crippen MR) is 108 cm³/mol. The second-order valence-electron chi connectivity index (χ2n) is 7.54. The highest BCUT2D eigenvalue weighted by Crippen LogP contribution is 2.25. The highest BCUT2D eigenvalue weighted by Gasteiger charge is 2.42. The van der Waals surface area contributed by atoms with Gasteiger partial charge in [-0.05, 0) is 17.7 Å². The Morgan fingerprint density at radius 2 is 1.81 bits per heavy atom. The van der Waals surface area contributed by atoms with Gasteiger partial charge >= 0.3 is 12.1 Å². The molecule has 32 heavy (non-hydrogen) atoms. The summed E-state index contributed by atoms with van der Waals surface area (Å²) in [6.45, 7) is 4.34. The maximum absolute atomic E-state index is 12.0. The fourth-order valence-electron chi connectivity index (χ4n) is 3.38. The van der Waals surface area contributed by atoms with Gasteiger partial charge in [-0.3, -0.25) is 4.90 Å². The van der Waals surface area contributed by atoms with Crippen molar-refractivity contribution in [1.29, 1.82) is 0 Å². The maximum atomic E-state index is 12.0. The number of carboxylic acids is 1. The fourth-order valence-corrected chi connectivity index (χ4v) is 4.26. The van der Waals surface area contributed by atoms with E-state index in [2.05, 4.69) is 4.90 Å². The summed E-state index contributed by atoms with van der Waals surface area (Å²) >= 11 is 0. The largest absolute Gasteiger partial charge is 0.497 e. The van der Waals surface area contributed by atoms with Crippen molar-refractivity contribution in [3.8, 4) is 5.75 Å². The molecule has 1 N–H and O–H groups in total. The van der Waals surface area contributed by atoms with Crippen LogP contribution in [0.2, 0.25) is 0 Å². The van der Waals surface area contributed by atoms with Crippen LogP contribution in [0.25, 0.3) is 0 Å². The molecule has 182 valence electrons. The van der Waals surface area contributed by atoms with Gasteiger partial charge in [-0.2, -0.15) is 17.5 Å². The first-order chi connectivity index (χ1) is 14.8. The minimum Gasteiger partial charge on any atom is -0.497 e. The van der Waals surface area contributed by atoms with Gasteiger partial charge < -0.3 is 19.3 Å². The molecule has 0 amide bonds. The number of alkyl halides is 3. The third-order valence-electron chi connectivity index (χ3n) is 4.92. The quantitative estimate of drug-likeness (QED) is 0.680. The van der Waals surface area contributed by atoms with E-state index in [0.29, 0.717) is 39.5 Å². The van der Waals surface area contributed by atoms with Crippen LogP contribution >= 0.6 is 0 Å². The number of nitrogens with zero attached hydrogens (tertiary/aromatic N) is 2. The van der Waals surface area contributed by atoms with Crippen molar-refractivity contribution in [2.75, 3.05) is 59.4 Å². The van der Waals surface area contributed by atoms with Crippen molar-refractivity contribution >= 4 is 16.0 Å². The van der Waals surface area contributed by atoms with Crippen LogP contribution in [0.1, 0.15) is 5.56 Å². The molecule has 1 unspecified atom stereocenters. The lowest BCUT2D eigenvalue weighted by molar-refractivity contribution is -0.192. The van der Waals surface area contributed by atoms with E-state index < -0.39 is 27.8 Å². The number of carbonyl (C=O) groups is 1. The summed E-state index contributed by atoms with van der Waals surface area (Å²) in [5.41, 5.74) is 0.581. The number of aliphatic carboxylic acids is 1. The molecule has 0 saturated carbocycles. The summed E-state index contributed by atoms with van der Waals surface area (Å²) < 4.78 is 74.1. The Morgan fingerprint density at radius 1 is 1.19 bits per heavy atom. The summed E-state index contributed by atoms with van der Waals surface area (Å²) in [5.74, 6) is -1.92. The van der Waals surface area contributed by atoms with Crippen molar-refractivity contribution in [2.24, 2.45) is 0 Å². The Hall–Kier alpha value is -1.93. The molecule has 1 aromatic rings. The summed E-state index contributed by atoms with van der Waals surface area (Å²) in [5, 5.41) is 7.12. The average Bonchev–Trinajstić information content (AvgIpc) is 2.91. The van der Waals surface area contributed by atoms with Crippen LogP contribution in [-0.2, 0) is 30.8 Å². The number of ether oxygens (including phenoxy) is 3. The normalized spacial score (nSPS) is 23.2. The molecule has 13 heteroatoms. The van der Waals surface area contributed by atoms with Gasteiger partial charge in [0.1, 0.15) is 11.4 Å². The molecule has 3 rings (SSSR count). The van der Waals surface area contributed by atoms with Crippen molar-refractivity contribution in [2.45, 2.75) is 18.3 Å². The van der Waals surface area contributed by atoms with Gasteiger partial charge in [-0.1, -0.05) is 12.1 Å². The Labute approximate surface area is 184 Å². The van der Waals surface area contributed by atoms with Gasteiger partial charge in [0.05, 0.1) is 33.2 Å². The van der Waals surface area contributed by atoms with Crippen LogP contribution in [0.3, 0.4) is 0 Å². The van der Waals surface area contributed by atoms with Crippen LogP contribution in [0.5, 0.6) is 5.75 Å². The fraction of sp³-hybridized carbons (Fsp3) is 0.632. The number of halogens is 3. The van der Waals surface area contributed by atoms with Crippen molar-refractivity contribution in [1.82, 2.24) is 9.21 Å². The zero-order chi connectivity index (χ0) is 24.0. The number of morpholine rings is 1. The SMILES string of the molecule is COc1ccc(CN2CCOC3(COCCN(S(C)(=O)=O)C3)C2)cc1.O=C(O)C(F)(F)F. The van der Waals surface area contributed by atoms with E-state index in [0.717, 1.165) is 18.8 Å². The van der Waals surface area contributed by atoms with Crippen LogP contribution in [0.4, 0.5) is 13.2 Å². The molecule has 1 aromatic carbocycles. The van der Waals surface area contributed by atoms with Crippen LogP contribution in [-0.4, -0.2) is 99.8 Å². The van der Waals surface area contributed by atoms with Gasteiger partial charge in [0, 0.05) is 32.7 Å². The van der Waals surface area contributed by atoms with Crippen LogP contribution in [0, 0.1) is 0 Å². The number of hydrogen-bond acceptors (Lipinski definition) is 7. The molecule has 0 radical (unpaired) electrons. The molecule has 1 atom stereocenters. The van der Waals surface area contributed by atoms with E-state index in [-0.39, 0.29) is 0 Å². The highest BCUT2D eigenvalue weighted by molar-refractivity contribution is 7.88. The number of hydrogen-bond donors (Lipinski definition) is 1. The number of rotatable bonds is 4. The molecule has 2 aliphatic heterocycles. The van der Waals surface area contributed by atoms with Crippen LogP contribution < -0.4 is 4.74 Å². The lowest BCUT2D eigenvalue weighted by Gasteiger charge is -2.43. The molecule has 2 aliphatic rings. The third kappa shape index (κ3) is 7.89. The van der Waals surface area contributed by atoms with Gasteiger partial charge in [0.15, 0.2) is 0 Å². The zero-order valence-electron chi connectivity index (χ0n) is 17.8. The Bertz CT molecular complexity index is 865. The average molecular weight is 484 g/mol. The van der Waals surface area contributed by atoms with E-state index in [1.54, 1.807) is 7.11 Å². The molecule has 9 nitrogen and oxygen atoms in total. The van der Waals surface area contributed by atoms with E-state index in [1.165, 1.54) is 16.1 Å². The molecule has 0 bridgehead atoms. The second-order valence-corrected chi connectivity index (χ2v) is 9.52. The Kier molecular flexibility index (Phi) is 8.88. The number of carboxylic acid groups (broad SMARTS) is 1. The number of sulfonamides is 1. The smallest absolute Gasteiger partial charge is 0.490 e.